The van der Waals surface area contributed by atoms with Crippen LogP contribution in [0.25, 0.3) is 0 Å². The second-order valence-electron chi connectivity index (χ2n) is 6.29. The highest BCUT2D eigenvalue weighted by Crippen LogP contribution is 2.26. The summed E-state index contributed by atoms with van der Waals surface area (Å²) in [5.74, 6) is -0.495. The van der Waals surface area contributed by atoms with Gasteiger partial charge in [0, 0.05) is 41.8 Å². The number of amides is 1. The first-order valence-corrected chi connectivity index (χ1v) is 8.77. The molecular formula is C21H18N4O4. The van der Waals surface area contributed by atoms with Crippen LogP contribution in [0, 0.1) is 10.1 Å². The van der Waals surface area contributed by atoms with Crippen molar-refractivity contribution in [1.82, 2.24) is 4.98 Å². The highest BCUT2D eigenvalue weighted by Gasteiger charge is 2.16. The van der Waals surface area contributed by atoms with E-state index in [1.165, 1.54) is 19.1 Å². The normalized spacial score (nSPS) is 10.2. The lowest BCUT2D eigenvalue weighted by molar-refractivity contribution is -0.384. The van der Waals surface area contributed by atoms with E-state index in [0.29, 0.717) is 23.5 Å². The van der Waals surface area contributed by atoms with Crippen molar-refractivity contribution in [2.45, 2.75) is 13.5 Å². The maximum atomic E-state index is 12.3. The van der Waals surface area contributed by atoms with Gasteiger partial charge in [-0.3, -0.25) is 24.7 Å². The van der Waals surface area contributed by atoms with Crippen LogP contribution in [0.2, 0.25) is 0 Å². The average molecular weight is 390 g/mol. The summed E-state index contributed by atoms with van der Waals surface area (Å²) in [6.07, 6.45) is 3.08. The fourth-order valence-corrected chi connectivity index (χ4v) is 2.71. The number of Topliss-reactive ketones (excluding diaryl/α,β-unsaturated/α-hetero) is 1. The molecule has 0 saturated carbocycles. The lowest BCUT2D eigenvalue weighted by Crippen LogP contribution is -2.12. The van der Waals surface area contributed by atoms with E-state index >= 15 is 0 Å². The average Bonchev–Trinajstić information content (AvgIpc) is 2.73. The van der Waals surface area contributed by atoms with Crippen LogP contribution >= 0.6 is 0 Å². The van der Waals surface area contributed by atoms with E-state index in [9.17, 15) is 19.7 Å². The molecule has 0 atom stereocenters. The van der Waals surface area contributed by atoms with E-state index in [1.807, 2.05) is 6.07 Å². The number of nitrogens with zero attached hydrogens (tertiary/aromatic N) is 2. The van der Waals surface area contributed by atoms with Crippen LogP contribution in [0.15, 0.2) is 67.0 Å². The molecule has 0 saturated heterocycles. The summed E-state index contributed by atoms with van der Waals surface area (Å²) in [6.45, 7) is 1.66. The predicted molar refractivity (Wildman–Crippen MR) is 109 cm³/mol. The summed E-state index contributed by atoms with van der Waals surface area (Å²) in [5.41, 5.74) is 2.34. The monoisotopic (exact) mass is 390 g/mol. The van der Waals surface area contributed by atoms with E-state index in [-0.39, 0.29) is 22.9 Å². The summed E-state index contributed by atoms with van der Waals surface area (Å²) < 4.78 is 0. The van der Waals surface area contributed by atoms with Gasteiger partial charge in [0.25, 0.3) is 11.6 Å². The topological polar surface area (TPSA) is 114 Å². The van der Waals surface area contributed by atoms with E-state index < -0.39 is 4.92 Å². The Hall–Kier alpha value is -4.07. The molecule has 2 aromatic carbocycles. The number of carbonyl (C=O) groups is 2. The summed E-state index contributed by atoms with van der Waals surface area (Å²) in [4.78, 5) is 38.4. The molecule has 3 rings (SSSR count). The molecule has 1 aromatic heterocycles. The number of hydrogen-bond acceptors (Lipinski definition) is 6. The van der Waals surface area contributed by atoms with Gasteiger partial charge in [0.1, 0.15) is 5.69 Å². The first kappa shape index (κ1) is 19.7. The number of nitro groups is 1. The zero-order valence-electron chi connectivity index (χ0n) is 15.6. The summed E-state index contributed by atoms with van der Waals surface area (Å²) in [5, 5.41) is 17.1. The van der Waals surface area contributed by atoms with E-state index in [1.54, 1.807) is 48.8 Å². The maximum absolute atomic E-state index is 12.3. The van der Waals surface area contributed by atoms with E-state index in [2.05, 4.69) is 15.6 Å². The Morgan fingerprint density at radius 2 is 1.79 bits per heavy atom. The summed E-state index contributed by atoms with van der Waals surface area (Å²) in [6, 6.07) is 14.7. The van der Waals surface area contributed by atoms with Gasteiger partial charge in [-0.25, -0.2) is 0 Å². The van der Waals surface area contributed by atoms with Crippen molar-refractivity contribution in [3.63, 3.8) is 0 Å². The summed E-state index contributed by atoms with van der Waals surface area (Å²) >= 11 is 0. The van der Waals surface area contributed by atoms with Gasteiger partial charge in [-0.2, -0.15) is 0 Å². The van der Waals surface area contributed by atoms with Gasteiger partial charge in [-0.05, 0) is 48.9 Å². The highest BCUT2D eigenvalue weighted by atomic mass is 16.6. The van der Waals surface area contributed by atoms with Gasteiger partial charge >= 0.3 is 0 Å². The van der Waals surface area contributed by atoms with Gasteiger partial charge in [0.05, 0.1) is 4.92 Å². The highest BCUT2D eigenvalue weighted by molar-refractivity contribution is 6.04. The van der Waals surface area contributed by atoms with E-state index in [0.717, 1.165) is 5.56 Å². The van der Waals surface area contributed by atoms with Crippen LogP contribution in [-0.2, 0) is 6.54 Å². The number of aromatic nitrogens is 1. The molecule has 1 amide bonds. The molecule has 0 unspecified atom stereocenters. The van der Waals surface area contributed by atoms with Gasteiger partial charge in [0.2, 0.25) is 0 Å². The molecule has 3 aromatic rings. The lowest BCUT2D eigenvalue weighted by Gasteiger charge is -2.10. The van der Waals surface area contributed by atoms with Crippen LogP contribution in [0.4, 0.5) is 17.1 Å². The van der Waals surface area contributed by atoms with Gasteiger partial charge in [0.15, 0.2) is 5.78 Å². The smallest absolute Gasteiger partial charge is 0.293 e. The number of ketones is 1. The Balaban J connectivity index is 1.72. The number of carbonyl (C=O) groups excluding carboxylic acids is 2. The molecule has 0 fully saturated rings. The Morgan fingerprint density at radius 3 is 2.48 bits per heavy atom. The minimum Gasteiger partial charge on any atom is -0.375 e. The molecule has 8 heteroatoms. The zero-order chi connectivity index (χ0) is 20.8. The van der Waals surface area contributed by atoms with Crippen molar-refractivity contribution in [2.24, 2.45) is 0 Å². The molecule has 0 radical (unpaired) electrons. The SMILES string of the molecule is CC(=O)c1ccc(NCc2cccc(NC(=O)c3ccncc3)c2)c([N+](=O)[O-])c1. The number of nitrogens with one attached hydrogen (secondary N) is 2. The molecule has 0 aliphatic rings. The molecule has 0 spiro atoms. The molecule has 2 N–H and O–H groups in total. The largest absolute Gasteiger partial charge is 0.375 e. The van der Waals surface area contributed by atoms with Crippen molar-refractivity contribution < 1.29 is 14.5 Å². The first-order chi connectivity index (χ1) is 13.9. The first-order valence-electron chi connectivity index (χ1n) is 8.77. The number of hydrogen-bond donors (Lipinski definition) is 2. The molecule has 146 valence electrons. The third-order valence-corrected chi connectivity index (χ3v) is 4.21. The Labute approximate surface area is 166 Å². The molecule has 8 nitrogen and oxygen atoms in total. The minimum atomic E-state index is -0.528. The fraction of sp³-hybridized carbons (Fsp3) is 0.0952. The Kier molecular flexibility index (Phi) is 5.94. The lowest BCUT2D eigenvalue weighted by atomic mass is 10.1. The maximum Gasteiger partial charge on any atom is 0.293 e. The van der Waals surface area contributed by atoms with Crippen LogP contribution < -0.4 is 10.6 Å². The minimum absolute atomic E-state index is 0.167. The molecular weight excluding hydrogens is 372 g/mol. The Morgan fingerprint density at radius 1 is 1.03 bits per heavy atom. The second kappa shape index (κ2) is 8.75. The van der Waals surface area contributed by atoms with Crippen molar-refractivity contribution >= 4 is 28.8 Å². The van der Waals surface area contributed by atoms with Crippen molar-refractivity contribution in [2.75, 3.05) is 10.6 Å². The standard InChI is InChI=1S/C21H18N4O4/c1-14(26)17-5-6-19(20(12-17)25(28)29)23-13-15-3-2-4-18(11-15)24-21(27)16-7-9-22-10-8-16/h2-12,23H,13H2,1H3,(H,24,27). The van der Waals surface area contributed by atoms with Crippen LogP contribution in [-0.4, -0.2) is 21.6 Å². The number of nitro benzene ring substituents is 1. The number of pyridine rings is 1. The number of benzene rings is 2. The zero-order valence-corrected chi connectivity index (χ0v) is 15.6. The van der Waals surface area contributed by atoms with Gasteiger partial charge < -0.3 is 10.6 Å². The van der Waals surface area contributed by atoms with Crippen LogP contribution in [0.1, 0.15) is 33.2 Å². The quantitative estimate of drug-likeness (QED) is 0.357. The molecule has 29 heavy (non-hydrogen) atoms. The Bertz CT molecular complexity index is 1070. The van der Waals surface area contributed by atoms with Crippen molar-refractivity contribution in [3.8, 4) is 0 Å². The number of anilines is 2. The van der Waals surface area contributed by atoms with Crippen molar-refractivity contribution in [3.05, 3.63) is 93.8 Å². The summed E-state index contributed by atoms with van der Waals surface area (Å²) in [7, 11) is 0. The van der Waals surface area contributed by atoms with Crippen molar-refractivity contribution in [1.29, 1.82) is 0 Å². The second-order valence-corrected chi connectivity index (χ2v) is 6.29. The number of rotatable bonds is 7. The van der Waals surface area contributed by atoms with Crippen LogP contribution in [0.5, 0.6) is 0 Å². The molecule has 0 aliphatic carbocycles. The van der Waals surface area contributed by atoms with Gasteiger partial charge in [-0.1, -0.05) is 12.1 Å². The third kappa shape index (κ3) is 5.01. The predicted octanol–water partition coefficient (Wildman–Crippen LogP) is 4.06. The molecule has 0 aliphatic heterocycles. The van der Waals surface area contributed by atoms with E-state index in [4.69, 9.17) is 0 Å². The molecule has 1 heterocycles. The molecule has 0 bridgehead atoms. The van der Waals surface area contributed by atoms with Crippen LogP contribution in [0.3, 0.4) is 0 Å². The fourth-order valence-electron chi connectivity index (χ4n) is 2.71. The third-order valence-electron chi connectivity index (χ3n) is 4.21. The van der Waals surface area contributed by atoms with Gasteiger partial charge in [-0.15, -0.1) is 0 Å².